The number of hydrogen-bond donors (Lipinski definition) is 0. The van der Waals surface area contributed by atoms with Crippen LogP contribution in [0.15, 0.2) is 47.7 Å². The van der Waals surface area contributed by atoms with Crippen LogP contribution in [0.4, 0.5) is 0 Å². The van der Waals surface area contributed by atoms with E-state index in [0.29, 0.717) is 44.9 Å². The Hall–Kier alpha value is -3.17. The lowest BCUT2D eigenvalue weighted by atomic mass is 9.91. The summed E-state index contributed by atoms with van der Waals surface area (Å²) in [7, 11) is 3.61. The van der Waals surface area contributed by atoms with E-state index in [1.54, 1.807) is 17.0 Å². The molecule has 0 bridgehead atoms. The number of nitrogens with zero attached hydrogens (tertiary/aromatic N) is 5. The number of aryl methyl sites for hydroxylation is 1. The van der Waals surface area contributed by atoms with E-state index < -0.39 is 0 Å². The van der Waals surface area contributed by atoms with Crippen molar-refractivity contribution in [2.75, 3.05) is 53.0 Å². The smallest absolute Gasteiger partial charge is 0.262 e. The number of morpholine rings is 1. The summed E-state index contributed by atoms with van der Waals surface area (Å²) in [5, 5.41) is 6.38. The first-order valence-corrected chi connectivity index (χ1v) is 13.4. The van der Waals surface area contributed by atoms with Crippen LogP contribution >= 0.6 is 0 Å². The molecule has 1 saturated heterocycles. The van der Waals surface area contributed by atoms with Crippen LogP contribution in [-0.2, 0) is 21.4 Å². The van der Waals surface area contributed by atoms with Crippen LogP contribution in [0.2, 0.25) is 0 Å². The Morgan fingerprint density at radius 2 is 1.87 bits per heavy atom. The highest BCUT2D eigenvalue weighted by Crippen LogP contribution is 2.37. The van der Waals surface area contributed by atoms with Gasteiger partial charge < -0.3 is 18.9 Å². The van der Waals surface area contributed by atoms with Gasteiger partial charge in [0.25, 0.3) is 5.91 Å². The Bertz CT molecular complexity index is 1150. The molecule has 2 amide bonds. The van der Waals surface area contributed by atoms with E-state index in [2.05, 4.69) is 4.90 Å². The molecule has 9 nitrogen and oxygen atoms in total. The zero-order valence-electron chi connectivity index (χ0n) is 23.4. The minimum Gasteiger partial charge on any atom is -0.496 e. The largest absolute Gasteiger partial charge is 0.496 e. The third-order valence-electron chi connectivity index (χ3n) is 7.05. The van der Waals surface area contributed by atoms with E-state index in [4.69, 9.17) is 14.6 Å². The Morgan fingerprint density at radius 3 is 2.53 bits per heavy atom. The first-order valence-electron chi connectivity index (χ1n) is 13.4. The van der Waals surface area contributed by atoms with E-state index in [1.807, 2.05) is 75.0 Å². The molecular weight excluding hydrogens is 482 g/mol. The highest BCUT2D eigenvalue weighted by molar-refractivity contribution is 6.02. The van der Waals surface area contributed by atoms with Crippen LogP contribution in [0.5, 0.6) is 5.75 Å². The van der Waals surface area contributed by atoms with Gasteiger partial charge in [-0.3, -0.25) is 14.5 Å². The predicted molar refractivity (Wildman–Crippen MR) is 147 cm³/mol. The number of para-hydroxylation sites is 1. The molecule has 0 radical (unpaired) electrons. The molecule has 2 aliphatic heterocycles. The van der Waals surface area contributed by atoms with Crippen molar-refractivity contribution in [2.24, 2.45) is 17.6 Å². The van der Waals surface area contributed by atoms with Crippen molar-refractivity contribution >= 4 is 17.5 Å². The first kappa shape index (κ1) is 27.9. The highest BCUT2D eigenvalue weighted by Gasteiger charge is 2.36. The maximum Gasteiger partial charge on any atom is 0.262 e. The number of aromatic nitrogens is 1. The fraction of sp³-hybridized carbons (Fsp3) is 0.552. The lowest BCUT2D eigenvalue weighted by Gasteiger charge is -2.32. The van der Waals surface area contributed by atoms with E-state index in [1.165, 1.54) is 0 Å². The van der Waals surface area contributed by atoms with Gasteiger partial charge in [0.15, 0.2) is 0 Å². The topological polar surface area (TPSA) is 79.6 Å². The molecule has 38 heavy (non-hydrogen) atoms. The zero-order valence-corrected chi connectivity index (χ0v) is 23.4. The monoisotopic (exact) mass is 523 g/mol. The number of rotatable bonds is 9. The molecule has 0 spiro atoms. The van der Waals surface area contributed by atoms with Crippen molar-refractivity contribution in [2.45, 2.75) is 39.7 Å². The second kappa shape index (κ2) is 12.1. The molecule has 206 valence electrons. The number of amides is 2. The van der Waals surface area contributed by atoms with Crippen molar-refractivity contribution in [3.63, 3.8) is 0 Å². The maximum atomic E-state index is 13.9. The van der Waals surface area contributed by atoms with Crippen LogP contribution in [0.1, 0.15) is 50.9 Å². The van der Waals surface area contributed by atoms with E-state index in [9.17, 15) is 9.59 Å². The zero-order chi connectivity index (χ0) is 27.3. The summed E-state index contributed by atoms with van der Waals surface area (Å²) in [4.78, 5) is 31.3. The number of methoxy groups -OCH3 is 1. The van der Waals surface area contributed by atoms with Gasteiger partial charge >= 0.3 is 0 Å². The van der Waals surface area contributed by atoms with Gasteiger partial charge in [-0.15, -0.1) is 0 Å². The van der Waals surface area contributed by atoms with Crippen molar-refractivity contribution < 1.29 is 19.1 Å². The third kappa shape index (κ3) is 6.82. The number of carbonyl (C=O) groups excluding carboxylic acids is 2. The molecule has 1 aromatic heterocycles. The molecule has 1 atom stereocenters. The van der Waals surface area contributed by atoms with Crippen LogP contribution in [0.25, 0.3) is 0 Å². The minimum atomic E-state index is -0.317. The normalized spacial score (nSPS) is 18.4. The van der Waals surface area contributed by atoms with Gasteiger partial charge in [-0.05, 0) is 23.6 Å². The average molecular weight is 524 g/mol. The number of benzene rings is 1. The molecule has 2 aliphatic rings. The summed E-state index contributed by atoms with van der Waals surface area (Å²) in [5.41, 5.74) is 2.52. The van der Waals surface area contributed by atoms with Crippen LogP contribution in [0, 0.1) is 5.41 Å². The first-order chi connectivity index (χ1) is 18.2. The van der Waals surface area contributed by atoms with Crippen molar-refractivity contribution in [3.05, 3.63) is 53.9 Å². The Balaban J connectivity index is 1.59. The molecule has 1 fully saturated rings. The van der Waals surface area contributed by atoms with Gasteiger partial charge in [-0.1, -0.05) is 39.0 Å². The van der Waals surface area contributed by atoms with Gasteiger partial charge in [-0.2, -0.15) is 5.10 Å². The number of ether oxygens (including phenoxy) is 2. The van der Waals surface area contributed by atoms with Crippen molar-refractivity contribution in [1.82, 2.24) is 19.4 Å². The van der Waals surface area contributed by atoms with Gasteiger partial charge in [0, 0.05) is 57.8 Å². The third-order valence-corrected chi connectivity index (χ3v) is 7.05. The molecule has 3 heterocycles. The SMILES string of the molecule is COc1ccccc1[C@H]1CC(c2cccn2C)=NN1C(=O)CN(CCN1CCOCC1)C(=O)CC(C)(C)C. The molecule has 4 rings (SSSR count). The van der Waals surface area contributed by atoms with Crippen LogP contribution in [-0.4, -0.2) is 89.9 Å². The molecule has 2 aromatic rings. The fourth-order valence-corrected chi connectivity index (χ4v) is 5.02. The van der Waals surface area contributed by atoms with Crippen molar-refractivity contribution in [3.8, 4) is 5.75 Å². The van der Waals surface area contributed by atoms with E-state index in [0.717, 1.165) is 30.1 Å². The lowest BCUT2D eigenvalue weighted by molar-refractivity contribution is -0.142. The van der Waals surface area contributed by atoms with E-state index in [-0.39, 0.29) is 29.8 Å². The highest BCUT2D eigenvalue weighted by atomic mass is 16.5. The summed E-state index contributed by atoms with van der Waals surface area (Å²) in [6, 6.07) is 11.4. The predicted octanol–water partition coefficient (Wildman–Crippen LogP) is 3.31. The quantitative estimate of drug-likeness (QED) is 0.504. The fourth-order valence-electron chi connectivity index (χ4n) is 5.02. The molecule has 1 aromatic carbocycles. The van der Waals surface area contributed by atoms with Gasteiger partial charge in [0.1, 0.15) is 12.3 Å². The molecule has 0 saturated carbocycles. The Morgan fingerprint density at radius 1 is 1.13 bits per heavy atom. The minimum absolute atomic E-state index is 0.0150. The lowest BCUT2D eigenvalue weighted by Crippen LogP contribution is -2.47. The van der Waals surface area contributed by atoms with E-state index >= 15 is 0 Å². The van der Waals surface area contributed by atoms with Gasteiger partial charge in [0.05, 0.1) is 37.8 Å². The molecule has 9 heteroatoms. The van der Waals surface area contributed by atoms with Crippen molar-refractivity contribution in [1.29, 1.82) is 0 Å². The standard InChI is InChI=1S/C29H41N5O4/c1-29(2,3)20-27(35)33(14-13-32-15-17-38-18-16-32)21-28(36)34-25(22-9-6-7-11-26(22)37-5)19-23(30-34)24-10-8-12-31(24)4/h6-12,25H,13-21H2,1-5H3/t25-/m1/s1. The molecule has 0 unspecified atom stereocenters. The summed E-state index contributed by atoms with van der Waals surface area (Å²) >= 11 is 0. The number of carbonyl (C=O) groups is 2. The molecule has 0 aliphatic carbocycles. The van der Waals surface area contributed by atoms with Crippen LogP contribution < -0.4 is 4.74 Å². The second-order valence-electron chi connectivity index (χ2n) is 11.3. The number of hydrazone groups is 1. The summed E-state index contributed by atoms with van der Waals surface area (Å²) in [6.07, 6.45) is 2.91. The second-order valence-corrected chi connectivity index (χ2v) is 11.3. The Kier molecular flexibility index (Phi) is 8.89. The van der Waals surface area contributed by atoms with Gasteiger partial charge in [-0.25, -0.2) is 5.01 Å². The number of hydrogen-bond acceptors (Lipinski definition) is 6. The summed E-state index contributed by atoms with van der Waals surface area (Å²) in [6.45, 7) is 10.4. The molecular formula is C29H41N5O4. The van der Waals surface area contributed by atoms with Crippen LogP contribution in [0.3, 0.4) is 0 Å². The maximum absolute atomic E-state index is 13.9. The Labute approximate surface area is 226 Å². The average Bonchev–Trinajstić information content (AvgIpc) is 3.52. The summed E-state index contributed by atoms with van der Waals surface area (Å²) in [5.74, 6) is 0.500. The summed E-state index contributed by atoms with van der Waals surface area (Å²) < 4.78 is 13.1. The molecule has 0 N–H and O–H groups in total. The van der Waals surface area contributed by atoms with Gasteiger partial charge in [0.2, 0.25) is 5.91 Å².